The van der Waals surface area contributed by atoms with E-state index < -0.39 is 5.91 Å². The number of carbonyl (C=O) groups excluding carboxylic acids is 1. The molecule has 0 fully saturated rings. The van der Waals surface area contributed by atoms with Crippen LogP contribution in [0.1, 0.15) is 62.0 Å². The van der Waals surface area contributed by atoms with Crippen molar-refractivity contribution in [1.82, 2.24) is 0 Å². The lowest BCUT2D eigenvalue weighted by Gasteiger charge is -2.16. The molecule has 1 amide bonds. The fourth-order valence-electron chi connectivity index (χ4n) is 3.03. The third-order valence-electron chi connectivity index (χ3n) is 4.00. The summed E-state index contributed by atoms with van der Waals surface area (Å²) < 4.78 is 0. The monoisotopic (exact) mass is 366 g/mol. The first-order valence-corrected chi connectivity index (χ1v) is 9.53. The smallest absolute Gasteiger partial charge is 0.250 e. The molecule has 2 atom stereocenters. The van der Waals surface area contributed by atoms with Crippen LogP contribution in [0.15, 0.2) is 68.3 Å². The molecule has 3 N–H and O–H groups in total. The first kappa shape index (κ1) is 24.2. The van der Waals surface area contributed by atoms with Crippen molar-refractivity contribution in [1.29, 1.82) is 0 Å². The van der Waals surface area contributed by atoms with Crippen molar-refractivity contribution in [3.05, 3.63) is 85.0 Å². The molecule has 2 rings (SSSR count). The van der Waals surface area contributed by atoms with Gasteiger partial charge in [-0.2, -0.15) is 0 Å². The highest BCUT2D eigenvalue weighted by molar-refractivity contribution is 6.01. The number of primary amides is 1. The van der Waals surface area contributed by atoms with E-state index in [0.29, 0.717) is 5.56 Å². The Hall–Kier alpha value is -2.81. The van der Waals surface area contributed by atoms with E-state index in [9.17, 15) is 4.79 Å². The van der Waals surface area contributed by atoms with Crippen LogP contribution >= 0.6 is 0 Å². The molecule has 0 radical (unpaired) electrons. The highest BCUT2D eigenvalue weighted by Crippen LogP contribution is 2.43. The topological polar surface area (TPSA) is 55.1 Å². The molecule has 1 heterocycles. The standard InChI is InChI=1S/C20H22N2O.2C2H6/c1-5-9-13(10-6-2)15-11-12-16(20(21)23)19-18(15)14(7-3)17(8-4)22-19;2*1-2/h5-12,14,17,22H,1,3-4H2,2H3,(H2,21,23);2*1-2H3/b10-6-,13-9+;;. The zero-order valence-electron chi connectivity index (χ0n) is 17.4. The summed E-state index contributed by atoms with van der Waals surface area (Å²) in [5, 5.41) is 3.35. The lowest BCUT2D eigenvalue weighted by atomic mass is 9.86. The minimum atomic E-state index is -0.451. The van der Waals surface area contributed by atoms with E-state index in [-0.39, 0.29) is 12.0 Å². The number of allylic oxidation sites excluding steroid dienone is 5. The summed E-state index contributed by atoms with van der Waals surface area (Å²) in [7, 11) is 0. The molecular formula is C24H34N2O. The van der Waals surface area contributed by atoms with Gasteiger partial charge in [-0.15, -0.1) is 13.2 Å². The minimum Gasteiger partial charge on any atom is -0.377 e. The number of anilines is 1. The van der Waals surface area contributed by atoms with Gasteiger partial charge in [-0.1, -0.05) is 76.8 Å². The van der Waals surface area contributed by atoms with Crippen LogP contribution in [-0.2, 0) is 0 Å². The Morgan fingerprint density at radius 3 is 2.11 bits per heavy atom. The van der Waals surface area contributed by atoms with E-state index >= 15 is 0 Å². The maximum atomic E-state index is 11.8. The summed E-state index contributed by atoms with van der Waals surface area (Å²) in [6, 6.07) is 3.67. The summed E-state index contributed by atoms with van der Waals surface area (Å²) in [6.07, 6.45) is 11.4. The maximum Gasteiger partial charge on any atom is 0.250 e. The second-order valence-electron chi connectivity index (χ2n) is 5.34. The van der Waals surface area contributed by atoms with E-state index in [1.165, 1.54) is 0 Å². The predicted molar refractivity (Wildman–Crippen MR) is 121 cm³/mol. The Morgan fingerprint density at radius 1 is 1.07 bits per heavy atom. The summed E-state index contributed by atoms with van der Waals surface area (Å²) >= 11 is 0. The molecule has 0 aliphatic carbocycles. The van der Waals surface area contributed by atoms with E-state index in [1.807, 2.05) is 71.1 Å². The fraction of sp³-hybridized carbons (Fsp3) is 0.292. The Bertz CT molecular complexity index is 726. The predicted octanol–water partition coefficient (Wildman–Crippen LogP) is 6.23. The van der Waals surface area contributed by atoms with Crippen LogP contribution in [0, 0.1) is 0 Å². The van der Waals surface area contributed by atoms with Gasteiger partial charge >= 0.3 is 0 Å². The van der Waals surface area contributed by atoms with Crippen molar-refractivity contribution in [3.63, 3.8) is 0 Å². The number of fused-ring (bicyclic) bond motifs is 1. The number of hydrogen-bond acceptors (Lipinski definition) is 2. The van der Waals surface area contributed by atoms with Gasteiger partial charge in [-0.3, -0.25) is 4.79 Å². The van der Waals surface area contributed by atoms with Gasteiger partial charge in [0.25, 0.3) is 5.91 Å². The molecular weight excluding hydrogens is 332 g/mol. The van der Waals surface area contributed by atoms with Gasteiger partial charge in [0.05, 0.1) is 17.3 Å². The zero-order chi connectivity index (χ0) is 21.0. The fourth-order valence-corrected chi connectivity index (χ4v) is 3.03. The molecule has 1 aliphatic heterocycles. The van der Waals surface area contributed by atoms with Gasteiger partial charge in [0.15, 0.2) is 0 Å². The number of carbonyl (C=O) groups is 1. The third-order valence-corrected chi connectivity index (χ3v) is 4.00. The second-order valence-corrected chi connectivity index (χ2v) is 5.34. The minimum absolute atomic E-state index is 0.0164. The molecule has 2 unspecified atom stereocenters. The SMILES string of the molecule is C=C/C=C(\C=C/C)c1ccc(C(N)=O)c2c1C(C=C)C(C=C)N2.CC.CC. The number of hydrogen-bond donors (Lipinski definition) is 2. The van der Waals surface area contributed by atoms with Crippen LogP contribution in [0.5, 0.6) is 0 Å². The van der Waals surface area contributed by atoms with Crippen molar-refractivity contribution in [2.75, 3.05) is 5.32 Å². The van der Waals surface area contributed by atoms with E-state index in [1.54, 1.807) is 12.1 Å². The first-order valence-electron chi connectivity index (χ1n) is 9.53. The summed E-state index contributed by atoms with van der Waals surface area (Å²) in [5.41, 5.74) is 9.86. The third kappa shape index (κ3) is 5.33. The Kier molecular flexibility index (Phi) is 11.2. The van der Waals surface area contributed by atoms with Gasteiger partial charge in [0, 0.05) is 5.92 Å². The second kappa shape index (κ2) is 12.5. The molecule has 0 aromatic heterocycles. The van der Waals surface area contributed by atoms with Crippen molar-refractivity contribution in [2.24, 2.45) is 5.73 Å². The molecule has 0 spiro atoms. The molecule has 27 heavy (non-hydrogen) atoms. The van der Waals surface area contributed by atoms with Gasteiger partial charge in [0.1, 0.15) is 0 Å². The van der Waals surface area contributed by atoms with Crippen molar-refractivity contribution in [2.45, 2.75) is 46.6 Å². The number of amides is 1. The number of rotatable bonds is 6. The molecule has 1 aromatic carbocycles. The van der Waals surface area contributed by atoms with Crippen molar-refractivity contribution in [3.8, 4) is 0 Å². The normalized spacial score (nSPS) is 17.4. The molecule has 146 valence electrons. The summed E-state index contributed by atoms with van der Waals surface area (Å²) in [4.78, 5) is 11.8. The largest absolute Gasteiger partial charge is 0.377 e. The number of nitrogens with one attached hydrogen (secondary N) is 1. The van der Waals surface area contributed by atoms with E-state index in [2.05, 4.69) is 25.1 Å². The Balaban J connectivity index is 0.00000158. The summed E-state index contributed by atoms with van der Waals surface area (Å²) in [5.74, 6) is -0.427. The van der Waals surface area contributed by atoms with Crippen molar-refractivity contribution >= 4 is 17.2 Å². The van der Waals surface area contributed by atoms with Crippen LogP contribution in [-0.4, -0.2) is 11.9 Å². The average molecular weight is 367 g/mol. The molecule has 0 saturated carbocycles. The lowest BCUT2D eigenvalue weighted by Crippen LogP contribution is -2.17. The molecule has 1 aliphatic rings. The van der Waals surface area contributed by atoms with E-state index in [4.69, 9.17) is 5.73 Å². The quantitative estimate of drug-likeness (QED) is 0.463. The molecule has 3 heteroatoms. The Labute approximate surface area is 165 Å². The van der Waals surface area contributed by atoms with Crippen molar-refractivity contribution < 1.29 is 4.79 Å². The highest BCUT2D eigenvalue weighted by Gasteiger charge is 2.33. The maximum absolute atomic E-state index is 11.8. The van der Waals surface area contributed by atoms with Gasteiger partial charge < -0.3 is 11.1 Å². The van der Waals surface area contributed by atoms with Crippen LogP contribution in [0.25, 0.3) is 5.57 Å². The van der Waals surface area contributed by atoms with Crippen LogP contribution in [0.3, 0.4) is 0 Å². The van der Waals surface area contributed by atoms with Crippen LogP contribution in [0.2, 0.25) is 0 Å². The molecule has 0 bridgehead atoms. The zero-order valence-corrected chi connectivity index (χ0v) is 17.4. The van der Waals surface area contributed by atoms with Gasteiger partial charge in [-0.25, -0.2) is 0 Å². The number of benzene rings is 1. The van der Waals surface area contributed by atoms with Crippen LogP contribution in [0.4, 0.5) is 5.69 Å². The molecule has 3 nitrogen and oxygen atoms in total. The lowest BCUT2D eigenvalue weighted by molar-refractivity contribution is 0.100. The van der Waals surface area contributed by atoms with Gasteiger partial charge in [-0.05, 0) is 29.7 Å². The number of nitrogens with two attached hydrogens (primary N) is 1. The first-order chi connectivity index (χ1) is 13.1. The average Bonchev–Trinajstić information content (AvgIpc) is 3.08. The molecule has 0 saturated heterocycles. The summed E-state index contributed by atoms with van der Waals surface area (Å²) in [6.45, 7) is 21.6. The highest BCUT2D eigenvalue weighted by atomic mass is 16.1. The molecule has 1 aromatic rings. The van der Waals surface area contributed by atoms with Crippen LogP contribution < -0.4 is 11.1 Å². The Morgan fingerprint density at radius 2 is 1.67 bits per heavy atom. The van der Waals surface area contributed by atoms with E-state index in [0.717, 1.165) is 22.4 Å². The van der Waals surface area contributed by atoms with Gasteiger partial charge in [0.2, 0.25) is 0 Å².